The molecular formula is C14H18ClN5O2. The second-order valence-corrected chi connectivity index (χ2v) is 5.77. The number of fused-ring (bicyclic) bond motifs is 1. The minimum atomic E-state index is -1.08. The molecule has 22 heavy (non-hydrogen) atoms. The van der Waals surface area contributed by atoms with Gasteiger partial charge >= 0.3 is 5.97 Å². The molecule has 2 aromatic rings. The molecule has 3 rings (SSSR count). The Morgan fingerprint density at radius 1 is 1.41 bits per heavy atom. The molecule has 8 heteroatoms. The van der Waals surface area contributed by atoms with Crippen molar-refractivity contribution < 1.29 is 9.90 Å². The van der Waals surface area contributed by atoms with E-state index in [1.54, 1.807) is 0 Å². The SMILES string of the molecule is Cc1nn(CCN2CCNCC2)c2ncc(C(=O)O)c(Cl)c12. The molecule has 0 radical (unpaired) electrons. The van der Waals surface area contributed by atoms with Crippen molar-refractivity contribution in [3.63, 3.8) is 0 Å². The molecular weight excluding hydrogens is 306 g/mol. The second kappa shape index (κ2) is 6.20. The summed E-state index contributed by atoms with van der Waals surface area (Å²) in [4.78, 5) is 17.8. The lowest BCUT2D eigenvalue weighted by atomic mass is 10.2. The first kappa shape index (κ1) is 15.2. The number of piperazine rings is 1. The van der Waals surface area contributed by atoms with Crippen molar-refractivity contribution in [3.05, 3.63) is 22.5 Å². The number of rotatable bonds is 4. The molecule has 3 heterocycles. The molecule has 2 N–H and O–H groups in total. The van der Waals surface area contributed by atoms with Crippen LogP contribution in [0.5, 0.6) is 0 Å². The first-order chi connectivity index (χ1) is 10.6. The number of nitrogens with one attached hydrogen (secondary N) is 1. The minimum absolute atomic E-state index is 0.0129. The highest BCUT2D eigenvalue weighted by atomic mass is 35.5. The van der Waals surface area contributed by atoms with Crippen molar-refractivity contribution in [1.29, 1.82) is 0 Å². The summed E-state index contributed by atoms with van der Waals surface area (Å²) in [5, 5.41) is 17.8. The standard InChI is InChI=1S/C14H18ClN5O2/c1-9-11-12(15)10(14(21)22)8-17-13(11)20(18-9)7-6-19-4-2-16-3-5-19/h8,16H,2-7H2,1H3,(H,21,22). The topological polar surface area (TPSA) is 83.3 Å². The van der Waals surface area contributed by atoms with Crippen molar-refractivity contribution in [2.45, 2.75) is 13.5 Å². The Kier molecular flexibility index (Phi) is 4.28. The fourth-order valence-corrected chi connectivity index (χ4v) is 3.10. The van der Waals surface area contributed by atoms with Gasteiger partial charge in [0.1, 0.15) is 0 Å². The molecule has 0 aliphatic carbocycles. The van der Waals surface area contributed by atoms with E-state index in [9.17, 15) is 4.79 Å². The van der Waals surface area contributed by atoms with Gasteiger partial charge in [0, 0.05) is 38.9 Å². The number of carbonyl (C=O) groups is 1. The summed E-state index contributed by atoms with van der Waals surface area (Å²) in [6.45, 7) is 7.47. The lowest BCUT2D eigenvalue weighted by Crippen LogP contribution is -2.44. The molecule has 0 bridgehead atoms. The predicted octanol–water partition coefficient (Wildman–Crippen LogP) is 0.997. The summed E-state index contributed by atoms with van der Waals surface area (Å²) < 4.78 is 1.81. The van der Waals surface area contributed by atoms with E-state index in [-0.39, 0.29) is 10.6 Å². The molecule has 0 atom stereocenters. The molecule has 1 saturated heterocycles. The number of aryl methyl sites for hydroxylation is 1. The number of aromatic nitrogens is 3. The summed E-state index contributed by atoms with van der Waals surface area (Å²) in [5.41, 5.74) is 1.36. The largest absolute Gasteiger partial charge is 0.478 e. The molecule has 0 unspecified atom stereocenters. The number of aromatic carboxylic acids is 1. The van der Waals surface area contributed by atoms with Crippen molar-refractivity contribution >= 4 is 28.6 Å². The predicted molar refractivity (Wildman–Crippen MR) is 83.5 cm³/mol. The molecule has 118 valence electrons. The molecule has 1 fully saturated rings. The third-order valence-electron chi connectivity index (χ3n) is 3.94. The van der Waals surface area contributed by atoms with E-state index in [0.717, 1.165) is 32.7 Å². The zero-order chi connectivity index (χ0) is 15.7. The van der Waals surface area contributed by atoms with Gasteiger partial charge in [-0.05, 0) is 6.92 Å². The second-order valence-electron chi connectivity index (χ2n) is 5.39. The Bertz CT molecular complexity index is 709. The Morgan fingerprint density at radius 3 is 2.82 bits per heavy atom. The van der Waals surface area contributed by atoms with E-state index in [1.165, 1.54) is 6.20 Å². The van der Waals surface area contributed by atoms with Gasteiger partial charge in [0.15, 0.2) is 5.65 Å². The molecule has 2 aromatic heterocycles. The molecule has 1 aliphatic heterocycles. The lowest BCUT2D eigenvalue weighted by Gasteiger charge is -2.26. The zero-order valence-corrected chi connectivity index (χ0v) is 13.1. The normalized spacial score (nSPS) is 16.3. The van der Waals surface area contributed by atoms with Crippen LogP contribution < -0.4 is 5.32 Å². The van der Waals surface area contributed by atoms with Gasteiger partial charge in [0.05, 0.1) is 28.2 Å². The fraction of sp³-hybridized carbons (Fsp3) is 0.500. The molecule has 0 amide bonds. The average molecular weight is 324 g/mol. The Labute approximate surface area is 132 Å². The van der Waals surface area contributed by atoms with Crippen molar-refractivity contribution in [3.8, 4) is 0 Å². The third-order valence-corrected chi connectivity index (χ3v) is 4.33. The number of halogens is 1. The van der Waals surface area contributed by atoms with Gasteiger partial charge in [-0.2, -0.15) is 5.10 Å². The quantitative estimate of drug-likeness (QED) is 0.873. The van der Waals surface area contributed by atoms with Crippen LogP contribution >= 0.6 is 11.6 Å². The smallest absolute Gasteiger partial charge is 0.338 e. The van der Waals surface area contributed by atoms with Crippen LogP contribution in [0.2, 0.25) is 5.02 Å². The first-order valence-electron chi connectivity index (χ1n) is 7.26. The number of hydrogen-bond donors (Lipinski definition) is 2. The van der Waals surface area contributed by atoms with Crippen molar-refractivity contribution in [2.24, 2.45) is 0 Å². The molecule has 0 aromatic carbocycles. The minimum Gasteiger partial charge on any atom is -0.478 e. The number of nitrogens with zero attached hydrogens (tertiary/aromatic N) is 4. The van der Waals surface area contributed by atoms with Gasteiger partial charge in [0.25, 0.3) is 0 Å². The van der Waals surface area contributed by atoms with Gasteiger partial charge < -0.3 is 10.4 Å². The van der Waals surface area contributed by atoms with Crippen molar-refractivity contribution in [1.82, 2.24) is 25.0 Å². The highest BCUT2D eigenvalue weighted by molar-refractivity contribution is 6.38. The molecule has 0 saturated carbocycles. The maximum absolute atomic E-state index is 11.2. The summed E-state index contributed by atoms with van der Waals surface area (Å²) >= 11 is 6.21. The maximum atomic E-state index is 11.2. The van der Waals surface area contributed by atoms with Crippen LogP contribution in [0.4, 0.5) is 0 Å². The van der Waals surface area contributed by atoms with Crippen LogP contribution in [-0.2, 0) is 6.54 Å². The maximum Gasteiger partial charge on any atom is 0.338 e. The monoisotopic (exact) mass is 323 g/mol. The van der Waals surface area contributed by atoms with Crippen molar-refractivity contribution in [2.75, 3.05) is 32.7 Å². The molecule has 1 aliphatic rings. The average Bonchev–Trinajstić information content (AvgIpc) is 2.83. The summed E-state index contributed by atoms with van der Waals surface area (Å²) in [5.74, 6) is -1.08. The van der Waals surface area contributed by atoms with Crippen LogP contribution in [0.3, 0.4) is 0 Å². The molecule has 7 nitrogen and oxygen atoms in total. The van der Waals surface area contributed by atoms with Gasteiger partial charge in [-0.15, -0.1) is 0 Å². The van der Waals surface area contributed by atoms with Crippen LogP contribution in [0, 0.1) is 6.92 Å². The fourth-order valence-electron chi connectivity index (χ4n) is 2.75. The summed E-state index contributed by atoms with van der Waals surface area (Å²) in [6.07, 6.45) is 1.30. The van der Waals surface area contributed by atoms with Gasteiger partial charge in [-0.25, -0.2) is 14.5 Å². The van der Waals surface area contributed by atoms with Crippen LogP contribution in [0.25, 0.3) is 11.0 Å². The summed E-state index contributed by atoms with van der Waals surface area (Å²) in [7, 11) is 0. The van der Waals surface area contributed by atoms with Crippen LogP contribution in [0.1, 0.15) is 16.1 Å². The van der Waals surface area contributed by atoms with E-state index in [1.807, 2.05) is 11.6 Å². The Hall–Kier alpha value is -1.70. The first-order valence-corrected chi connectivity index (χ1v) is 7.63. The Morgan fingerprint density at radius 2 is 2.14 bits per heavy atom. The number of pyridine rings is 1. The van der Waals surface area contributed by atoms with Crippen LogP contribution in [0.15, 0.2) is 6.20 Å². The third kappa shape index (κ3) is 2.79. The number of carboxylic acids is 1. The van der Waals surface area contributed by atoms with E-state index < -0.39 is 5.97 Å². The van der Waals surface area contributed by atoms with Gasteiger partial charge in [-0.1, -0.05) is 11.6 Å². The zero-order valence-electron chi connectivity index (χ0n) is 12.3. The van der Waals surface area contributed by atoms with Gasteiger partial charge in [-0.3, -0.25) is 4.90 Å². The highest BCUT2D eigenvalue weighted by Gasteiger charge is 2.19. The van der Waals surface area contributed by atoms with E-state index >= 15 is 0 Å². The number of carboxylic acid groups (broad SMARTS) is 1. The van der Waals surface area contributed by atoms with E-state index in [2.05, 4.69) is 20.3 Å². The van der Waals surface area contributed by atoms with Gasteiger partial charge in [0.2, 0.25) is 0 Å². The van der Waals surface area contributed by atoms with E-state index in [0.29, 0.717) is 23.3 Å². The Balaban J connectivity index is 1.87. The summed E-state index contributed by atoms with van der Waals surface area (Å²) in [6, 6.07) is 0. The van der Waals surface area contributed by atoms with Crippen LogP contribution in [-0.4, -0.2) is 63.5 Å². The lowest BCUT2D eigenvalue weighted by molar-refractivity contribution is 0.0697. The van der Waals surface area contributed by atoms with E-state index in [4.69, 9.17) is 16.7 Å². The highest BCUT2D eigenvalue weighted by Crippen LogP contribution is 2.28. The molecule has 0 spiro atoms. The number of hydrogen-bond acceptors (Lipinski definition) is 5.